The number of hydrogen-bond donors (Lipinski definition) is 1. The van der Waals surface area contributed by atoms with Gasteiger partial charge in [-0.2, -0.15) is 0 Å². The van der Waals surface area contributed by atoms with Gasteiger partial charge in [0.15, 0.2) is 0 Å². The number of β-amino-alcohol motifs (C(OH)–C–C–N with tert-alkyl or cyclic N) is 1. The zero-order chi connectivity index (χ0) is 12.9. The molecule has 0 amide bonds. The van der Waals surface area contributed by atoms with Crippen molar-refractivity contribution in [2.45, 2.75) is 19.4 Å². The minimum atomic E-state index is -4.11. The summed E-state index contributed by atoms with van der Waals surface area (Å²) in [7, 11) is -4.11. The number of aliphatic hydroxyl groups is 1. The monoisotopic (exact) mass is 272 g/mol. The first kappa shape index (κ1) is 18.4. The third-order valence-corrected chi connectivity index (χ3v) is 3.75. The molecule has 1 rings (SSSR count). The molecule has 0 saturated carbocycles. The first-order chi connectivity index (χ1) is 7.90. The van der Waals surface area contributed by atoms with E-state index in [0.29, 0.717) is 13.1 Å². The van der Waals surface area contributed by atoms with Crippen LogP contribution in [-0.4, -0.2) is 79.0 Å². The van der Waals surface area contributed by atoms with Crippen LogP contribution in [0.4, 0.5) is 0 Å². The van der Waals surface area contributed by atoms with Crippen LogP contribution in [0, 0.1) is 0 Å². The van der Waals surface area contributed by atoms with Crippen molar-refractivity contribution >= 4 is 10.1 Å². The van der Waals surface area contributed by atoms with Crippen molar-refractivity contribution in [2.24, 2.45) is 0 Å². The maximum Gasteiger partial charge on any atom is 1.00 e. The molecule has 0 aliphatic carbocycles. The van der Waals surface area contributed by atoms with Crippen molar-refractivity contribution in [3.63, 3.8) is 0 Å². The molecule has 1 fully saturated rings. The second-order valence-electron chi connectivity index (χ2n) is 4.47. The summed E-state index contributed by atoms with van der Waals surface area (Å²) in [6.45, 7) is 6.07. The Morgan fingerprint density at radius 1 is 1.22 bits per heavy atom. The Kier molecular flexibility index (Phi) is 8.72. The largest absolute Gasteiger partial charge is 1.00 e. The van der Waals surface area contributed by atoms with Crippen LogP contribution in [0.15, 0.2) is 0 Å². The topological polar surface area (TPSA) is 83.9 Å². The maximum absolute atomic E-state index is 10.5. The molecule has 1 atom stereocenters. The van der Waals surface area contributed by atoms with E-state index in [2.05, 4.69) is 4.90 Å². The van der Waals surface area contributed by atoms with Crippen LogP contribution >= 0.6 is 0 Å². The van der Waals surface area contributed by atoms with Gasteiger partial charge < -0.3 is 9.66 Å². The molecular weight excluding hydrogens is 251 g/mol. The van der Waals surface area contributed by atoms with E-state index in [-0.39, 0.29) is 30.7 Å². The molecule has 0 aromatic carbocycles. The molecule has 0 radical (unpaired) electrons. The summed E-state index contributed by atoms with van der Waals surface area (Å²) in [5, 5.41) is 9.51. The quantitative estimate of drug-likeness (QED) is 0.391. The van der Waals surface area contributed by atoms with Gasteiger partial charge in [0.25, 0.3) is 0 Å². The minimum absolute atomic E-state index is 0. The molecule has 1 N–H and O–H groups in total. The Bertz CT molecular complexity index is 318. The average Bonchev–Trinajstić information content (AvgIpc) is 2.27. The SMILES string of the molecule is CCC(O)CN1CCN(CCS(=O)(=O)[O-])CC1.[Li+]. The Labute approximate surface area is 121 Å². The Hall–Kier alpha value is 0.387. The molecule has 0 bridgehead atoms. The number of nitrogens with zero attached hydrogens (tertiary/aromatic N) is 2. The van der Waals surface area contributed by atoms with Gasteiger partial charge >= 0.3 is 18.9 Å². The van der Waals surface area contributed by atoms with Crippen molar-refractivity contribution in [3.8, 4) is 0 Å². The summed E-state index contributed by atoms with van der Waals surface area (Å²) in [6.07, 6.45) is 0.456. The van der Waals surface area contributed by atoms with Gasteiger partial charge in [0.1, 0.15) is 0 Å². The average molecular weight is 272 g/mol. The summed E-state index contributed by atoms with van der Waals surface area (Å²) in [6, 6.07) is 0. The van der Waals surface area contributed by atoms with Crippen molar-refractivity contribution in [3.05, 3.63) is 0 Å². The number of hydrogen-bond acceptors (Lipinski definition) is 6. The van der Waals surface area contributed by atoms with Crippen molar-refractivity contribution in [2.75, 3.05) is 45.0 Å². The summed E-state index contributed by atoms with van der Waals surface area (Å²) in [5.41, 5.74) is 0. The molecule has 0 aromatic rings. The molecule has 1 saturated heterocycles. The number of rotatable bonds is 6. The van der Waals surface area contributed by atoms with Crippen LogP contribution in [0.2, 0.25) is 0 Å². The van der Waals surface area contributed by atoms with Gasteiger partial charge in [0.2, 0.25) is 0 Å². The van der Waals surface area contributed by atoms with E-state index in [4.69, 9.17) is 0 Å². The molecule has 6 nitrogen and oxygen atoms in total. The van der Waals surface area contributed by atoms with Crippen LogP contribution in [-0.2, 0) is 10.1 Å². The second-order valence-corrected chi connectivity index (χ2v) is 5.99. The normalized spacial score (nSPS) is 20.4. The van der Waals surface area contributed by atoms with Gasteiger partial charge in [0, 0.05) is 39.3 Å². The van der Waals surface area contributed by atoms with Crippen LogP contribution < -0.4 is 18.9 Å². The zero-order valence-electron chi connectivity index (χ0n) is 11.2. The third-order valence-electron chi connectivity index (χ3n) is 3.06. The first-order valence-corrected chi connectivity index (χ1v) is 7.55. The van der Waals surface area contributed by atoms with Gasteiger partial charge in [-0.1, -0.05) is 6.92 Å². The van der Waals surface area contributed by atoms with Gasteiger partial charge in [-0.15, -0.1) is 0 Å². The molecule has 18 heavy (non-hydrogen) atoms. The molecule has 8 heteroatoms. The third kappa shape index (κ3) is 7.74. The predicted molar refractivity (Wildman–Crippen MR) is 63.7 cm³/mol. The minimum Gasteiger partial charge on any atom is -0.748 e. The fraction of sp³-hybridized carbons (Fsp3) is 1.00. The fourth-order valence-corrected chi connectivity index (χ4v) is 2.35. The van der Waals surface area contributed by atoms with E-state index in [1.165, 1.54) is 0 Å². The summed E-state index contributed by atoms with van der Waals surface area (Å²) in [4.78, 5) is 4.14. The standard InChI is InChI=1S/C10H22N2O4S.Li/c1-2-10(13)9-12-5-3-11(4-6-12)7-8-17(14,15)16;/h10,13H,2-9H2,1H3,(H,14,15,16);/q;+1/p-1. The fourth-order valence-electron chi connectivity index (χ4n) is 1.86. The molecule has 1 heterocycles. The zero-order valence-corrected chi connectivity index (χ0v) is 12.0. The van der Waals surface area contributed by atoms with Gasteiger partial charge in [0.05, 0.1) is 22.0 Å². The molecule has 0 aromatic heterocycles. The molecule has 1 aliphatic rings. The predicted octanol–water partition coefficient (Wildman–Crippen LogP) is -4.08. The maximum atomic E-state index is 10.5. The number of aliphatic hydroxyl groups excluding tert-OH is 1. The molecular formula is C10H21LiN2O4S. The number of piperazine rings is 1. The van der Waals surface area contributed by atoms with Crippen LogP contribution in [0.25, 0.3) is 0 Å². The van der Waals surface area contributed by atoms with E-state index in [1.54, 1.807) is 0 Å². The summed E-state index contributed by atoms with van der Waals surface area (Å²) >= 11 is 0. The second kappa shape index (κ2) is 8.54. The molecule has 1 unspecified atom stereocenters. The first-order valence-electron chi connectivity index (χ1n) is 5.97. The van der Waals surface area contributed by atoms with Gasteiger partial charge in [-0.25, -0.2) is 8.42 Å². The van der Waals surface area contributed by atoms with E-state index in [1.807, 2.05) is 11.8 Å². The molecule has 1 aliphatic heterocycles. The molecule has 102 valence electrons. The van der Waals surface area contributed by atoms with Crippen LogP contribution in [0.3, 0.4) is 0 Å². The Morgan fingerprint density at radius 3 is 2.17 bits per heavy atom. The van der Waals surface area contributed by atoms with E-state index < -0.39 is 10.1 Å². The summed E-state index contributed by atoms with van der Waals surface area (Å²) < 4.78 is 31.5. The van der Waals surface area contributed by atoms with E-state index in [9.17, 15) is 18.1 Å². The van der Waals surface area contributed by atoms with Crippen LogP contribution in [0.5, 0.6) is 0 Å². The van der Waals surface area contributed by atoms with Crippen molar-refractivity contribution in [1.82, 2.24) is 9.80 Å². The Morgan fingerprint density at radius 2 is 1.72 bits per heavy atom. The van der Waals surface area contributed by atoms with Crippen molar-refractivity contribution in [1.29, 1.82) is 0 Å². The van der Waals surface area contributed by atoms with Crippen LogP contribution in [0.1, 0.15) is 13.3 Å². The molecule has 0 spiro atoms. The Balaban J connectivity index is 0.00000289. The van der Waals surface area contributed by atoms with E-state index >= 15 is 0 Å². The smallest absolute Gasteiger partial charge is 0.748 e. The van der Waals surface area contributed by atoms with E-state index in [0.717, 1.165) is 32.6 Å². The summed E-state index contributed by atoms with van der Waals surface area (Å²) in [5.74, 6) is -0.315. The van der Waals surface area contributed by atoms with Gasteiger partial charge in [-0.05, 0) is 6.42 Å². The van der Waals surface area contributed by atoms with Gasteiger partial charge in [-0.3, -0.25) is 9.80 Å². The van der Waals surface area contributed by atoms with Crippen molar-refractivity contribution < 1.29 is 36.9 Å².